The second-order valence-electron chi connectivity index (χ2n) is 4.25. The molecule has 0 aliphatic heterocycles. The van der Waals surface area contributed by atoms with Crippen molar-refractivity contribution in [3.8, 4) is 11.5 Å². The molecule has 0 bridgehead atoms. The Balaban J connectivity index is 1.88. The molecule has 100 valence electrons. The lowest BCUT2D eigenvalue weighted by Crippen LogP contribution is -1.93. The third-order valence-electron chi connectivity index (χ3n) is 2.75. The molecule has 2 heterocycles. The normalized spacial score (nSPS) is 10.7. The van der Waals surface area contributed by atoms with Crippen LogP contribution < -0.4 is 5.73 Å². The zero-order valence-electron chi connectivity index (χ0n) is 10.5. The Hall–Kier alpha value is -2.21. The number of halogens is 1. The summed E-state index contributed by atoms with van der Waals surface area (Å²) in [6.07, 6.45) is 2.27. The van der Waals surface area contributed by atoms with E-state index in [1.54, 1.807) is 18.3 Å². The number of hydrogen-bond donors (Lipinski definition) is 1. The van der Waals surface area contributed by atoms with Gasteiger partial charge in [-0.1, -0.05) is 11.2 Å². The zero-order chi connectivity index (χ0) is 13.9. The molecule has 0 aliphatic rings. The molecule has 1 aromatic carbocycles. The highest BCUT2D eigenvalue weighted by atomic mass is 79.9. The molecule has 0 atom stereocenters. The maximum Gasteiger partial charge on any atom is 0.259 e. The van der Waals surface area contributed by atoms with E-state index in [1.807, 2.05) is 24.3 Å². The first-order valence-corrected chi connectivity index (χ1v) is 6.79. The minimum absolute atomic E-state index is 0.440. The molecule has 0 spiro atoms. The molecule has 0 radical (unpaired) electrons. The average molecular weight is 331 g/mol. The Bertz CT molecular complexity index is 727. The summed E-state index contributed by atoms with van der Waals surface area (Å²) in [5.74, 6) is 1.03. The largest absolute Gasteiger partial charge is 0.399 e. The molecule has 0 saturated heterocycles. The number of anilines is 1. The van der Waals surface area contributed by atoms with Crippen molar-refractivity contribution in [1.82, 2.24) is 15.1 Å². The van der Waals surface area contributed by atoms with Gasteiger partial charge in [-0.3, -0.25) is 4.98 Å². The molecule has 3 rings (SSSR count). The van der Waals surface area contributed by atoms with E-state index in [2.05, 4.69) is 31.1 Å². The summed E-state index contributed by atoms with van der Waals surface area (Å²) < 4.78 is 6.15. The van der Waals surface area contributed by atoms with Crippen molar-refractivity contribution in [2.45, 2.75) is 6.42 Å². The topological polar surface area (TPSA) is 77.8 Å². The number of nitrogens with zero attached hydrogens (tertiary/aromatic N) is 3. The van der Waals surface area contributed by atoms with E-state index in [1.165, 1.54) is 0 Å². The number of nitrogens with two attached hydrogens (primary N) is 1. The fourth-order valence-electron chi connectivity index (χ4n) is 1.81. The average Bonchev–Trinajstić information content (AvgIpc) is 2.91. The van der Waals surface area contributed by atoms with Crippen LogP contribution in [0.2, 0.25) is 0 Å². The summed E-state index contributed by atoms with van der Waals surface area (Å²) in [6.45, 7) is 0. The van der Waals surface area contributed by atoms with Crippen LogP contribution in [0.25, 0.3) is 11.5 Å². The molecule has 2 N–H and O–H groups in total. The first-order valence-electron chi connectivity index (χ1n) is 6.00. The van der Waals surface area contributed by atoms with E-state index < -0.39 is 0 Å². The molecule has 0 aliphatic carbocycles. The first-order chi connectivity index (χ1) is 9.72. The van der Waals surface area contributed by atoms with Crippen LogP contribution in [0.3, 0.4) is 0 Å². The molecule has 20 heavy (non-hydrogen) atoms. The van der Waals surface area contributed by atoms with Crippen molar-refractivity contribution < 1.29 is 4.52 Å². The van der Waals surface area contributed by atoms with Gasteiger partial charge in [-0.15, -0.1) is 0 Å². The van der Waals surface area contributed by atoms with Crippen LogP contribution in [-0.2, 0) is 6.42 Å². The molecule has 3 aromatic rings. The SMILES string of the molecule is Nc1ccc(Br)c(-c2nc(Cc3ccccn3)no2)c1. The second kappa shape index (κ2) is 5.42. The highest BCUT2D eigenvalue weighted by Crippen LogP contribution is 2.28. The molecule has 0 saturated carbocycles. The van der Waals surface area contributed by atoms with Crippen molar-refractivity contribution >= 4 is 21.6 Å². The molecular formula is C14H11BrN4O. The predicted molar refractivity (Wildman–Crippen MR) is 78.9 cm³/mol. The fourth-order valence-corrected chi connectivity index (χ4v) is 2.22. The first kappa shape index (κ1) is 12.8. The number of aromatic nitrogens is 3. The third kappa shape index (κ3) is 2.70. The van der Waals surface area contributed by atoms with Gasteiger partial charge in [0.25, 0.3) is 5.89 Å². The van der Waals surface area contributed by atoms with E-state index in [9.17, 15) is 0 Å². The van der Waals surface area contributed by atoms with Gasteiger partial charge in [0.1, 0.15) is 0 Å². The van der Waals surface area contributed by atoms with Gasteiger partial charge in [0.05, 0.1) is 12.0 Å². The van der Waals surface area contributed by atoms with Crippen LogP contribution in [0.1, 0.15) is 11.5 Å². The molecule has 0 unspecified atom stereocenters. The van der Waals surface area contributed by atoms with Gasteiger partial charge in [-0.05, 0) is 46.3 Å². The highest BCUT2D eigenvalue weighted by molar-refractivity contribution is 9.10. The van der Waals surface area contributed by atoms with Crippen LogP contribution >= 0.6 is 15.9 Å². The summed E-state index contributed by atoms with van der Waals surface area (Å²) in [5.41, 5.74) is 8.10. The van der Waals surface area contributed by atoms with Crippen LogP contribution in [0, 0.1) is 0 Å². The van der Waals surface area contributed by atoms with Gasteiger partial charge in [0, 0.05) is 22.1 Å². The van der Waals surface area contributed by atoms with E-state index >= 15 is 0 Å². The van der Waals surface area contributed by atoms with E-state index in [0.29, 0.717) is 23.8 Å². The number of rotatable bonds is 3. The Labute approximate surface area is 124 Å². The molecule has 0 amide bonds. The molecule has 0 fully saturated rings. The Morgan fingerprint density at radius 2 is 2.10 bits per heavy atom. The maximum absolute atomic E-state index is 5.77. The number of hydrogen-bond acceptors (Lipinski definition) is 5. The van der Waals surface area contributed by atoms with Gasteiger partial charge in [0.15, 0.2) is 5.82 Å². The number of nitrogen functional groups attached to an aromatic ring is 1. The Morgan fingerprint density at radius 1 is 1.20 bits per heavy atom. The minimum atomic E-state index is 0.440. The number of pyridine rings is 1. The molecular weight excluding hydrogens is 320 g/mol. The van der Waals surface area contributed by atoms with E-state index in [0.717, 1.165) is 15.7 Å². The minimum Gasteiger partial charge on any atom is -0.399 e. The zero-order valence-corrected chi connectivity index (χ0v) is 12.0. The lowest BCUT2D eigenvalue weighted by Gasteiger charge is -1.99. The van der Waals surface area contributed by atoms with Crippen molar-refractivity contribution in [2.24, 2.45) is 0 Å². The quantitative estimate of drug-likeness (QED) is 0.746. The van der Waals surface area contributed by atoms with Crippen molar-refractivity contribution in [2.75, 3.05) is 5.73 Å². The van der Waals surface area contributed by atoms with Gasteiger partial charge in [0.2, 0.25) is 0 Å². The molecule has 6 heteroatoms. The van der Waals surface area contributed by atoms with Gasteiger partial charge < -0.3 is 10.3 Å². The van der Waals surface area contributed by atoms with Crippen LogP contribution in [-0.4, -0.2) is 15.1 Å². The standard InChI is InChI=1S/C14H11BrN4O/c15-12-5-4-9(16)7-11(12)14-18-13(19-20-14)8-10-3-1-2-6-17-10/h1-7H,8,16H2. The summed E-state index contributed by atoms with van der Waals surface area (Å²) in [7, 11) is 0. The van der Waals surface area contributed by atoms with Gasteiger partial charge in [-0.25, -0.2) is 0 Å². The maximum atomic E-state index is 5.77. The van der Waals surface area contributed by atoms with E-state index in [4.69, 9.17) is 10.3 Å². The summed E-state index contributed by atoms with van der Waals surface area (Å²) in [5, 5.41) is 3.97. The molecule has 5 nitrogen and oxygen atoms in total. The Morgan fingerprint density at radius 3 is 2.90 bits per heavy atom. The van der Waals surface area contributed by atoms with Crippen LogP contribution in [0.4, 0.5) is 5.69 Å². The van der Waals surface area contributed by atoms with Crippen LogP contribution in [0.5, 0.6) is 0 Å². The summed E-state index contributed by atoms with van der Waals surface area (Å²) in [6, 6.07) is 11.2. The monoisotopic (exact) mass is 330 g/mol. The number of benzene rings is 1. The van der Waals surface area contributed by atoms with Crippen molar-refractivity contribution in [1.29, 1.82) is 0 Å². The second-order valence-corrected chi connectivity index (χ2v) is 5.11. The summed E-state index contributed by atoms with van der Waals surface area (Å²) >= 11 is 3.45. The molecule has 2 aromatic heterocycles. The van der Waals surface area contributed by atoms with Crippen molar-refractivity contribution in [3.63, 3.8) is 0 Å². The van der Waals surface area contributed by atoms with E-state index in [-0.39, 0.29) is 0 Å². The smallest absolute Gasteiger partial charge is 0.259 e. The van der Waals surface area contributed by atoms with Crippen molar-refractivity contribution in [3.05, 3.63) is 58.6 Å². The van der Waals surface area contributed by atoms with Gasteiger partial charge in [-0.2, -0.15) is 4.98 Å². The lowest BCUT2D eigenvalue weighted by molar-refractivity contribution is 0.423. The Kier molecular flexibility index (Phi) is 3.47. The highest BCUT2D eigenvalue weighted by Gasteiger charge is 2.13. The lowest BCUT2D eigenvalue weighted by atomic mass is 10.2. The fraction of sp³-hybridized carbons (Fsp3) is 0.0714. The third-order valence-corrected chi connectivity index (χ3v) is 3.45. The van der Waals surface area contributed by atoms with Crippen LogP contribution in [0.15, 0.2) is 51.6 Å². The summed E-state index contributed by atoms with van der Waals surface area (Å²) in [4.78, 5) is 8.61. The van der Waals surface area contributed by atoms with Gasteiger partial charge >= 0.3 is 0 Å². The predicted octanol–water partition coefficient (Wildman–Crippen LogP) is 3.07.